The Balaban J connectivity index is -0.00000000508. The van der Waals surface area contributed by atoms with E-state index in [0.717, 1.165) is 0 Å². The number of aliphatic hydroxyl groups is 2. The molecule has 0 aromatic carbocycles. The fourth-order valence-electron chi connectivity index (χ4n) is 0. The van der Waals surface area contributed by atoms with Gasteiger partial charge in [-0.15, -0.1) is 0 Å². The van der Waals surface area contributed by atoms with Crippen LogP contribution in [0.15, 0.2) is 12.2 Å². The maximum absolute atomic E-state index is 10.3. The van der Waals surface area contributed by atoms with E-state index in [1.54, 1.807) is 0 Å². The second-order valence-electron chi connectivity index (χ2n) is 0.744. The van der Waals surface area contributed by atoms with Crippen molar-refractivity contribution in [2.75, 3.05) is 0 Å². The average Bonchev–Trinajstić information content (AvgIpc) is 1.89. The zero-order valence-electron chi connectivity index (χ0n) is 10.8. The van der Waals surface area contributed by atoms with E-state index in [9.17, 15) is 17.6 Å². The molecule has 0 rings (SSSR count). The quantitative estimate of drug-likeness (QED) is 0.222. The van der Waals surface area contributed by atoms with Gasteiger partial charge in [0.25, 0.3) is 0 Å². The van der Waals surface area contributed by atoms with Crippen LogP contribution in [0.25, 0.3) is 0 Å². The molecule has 0 aromatic heterocycles. The van der Waals surface area contributed by atoms with Crippen molar-refractivity contribution in [3.8, 4) is 0 Å². The summed E-state index contributed by atoms with van der Waals surface area (Å²) in [7, 11) is 0. The van der Waals surface area contributed by atoms with Gasteiger partial charge in [-0.25, -0.2) is 30.1 Å². The van der Waals surface area contributed by atoms with Crippen molar-refractivity contribution in [2.24, 2.45) is 0 Å². The first-order valence-electron chi connectivity index (χ1n) is 1.70. The van der Waals surface area contributed by atoms with Crippen molar-refractivity contribution < 1.29 is 27.8 Å². The van der Waals surface area contributed by atoms with Crippen molar-refractivity contribution in [1.29, 1.82) is 0 Å². The summed E-state index contributed by atoms with van der Waals surface area (Å²) in [5.74, 6) is 0. The van der Waals surface area contributed by atoms with E-state index < -0.39 is 12.2 Å². The minimum absolute atomic E-state index is 0. The second kappa shape index (κ2) is 74.5. The summed E-state index contributed by atoms with van der Waals surface area (Å²) < 4.78 is 41.3. The molecule has 0 fully saturated rings. The van der Waals surface area contributed by atoms with Crippen LogP contribution in [0.3, 0.4) is 0 Å². The smallest absolute Gasteiger partial charge is 0.126 e. The van der Waals surface area contributed by atoms with Gasteiger partial charge in [0, 0.05) is 0 Å². The van der Waals surface area contributed by atoms with Gasteiger partial charge in [0.2, 0.25) is 0 Å². The zero-order chi connectivity index (χ0) is 8.57. The molecule has 0 aromatic rings. The summed E-state index contributed by atoms with van der Waals surface area (Å²) in [6.45, 7) is 0. The summed E-state index contributed by atoms with van der Waals surface area (Å²) in [5, 5.41) is 14.2. The molecule has 78 valence electrons. The largest absolute Gasteiger partial charge is 0.700 e. The van der Waals surface area contributed by atoms with E-state index in [1.807, 2.05) is 0 Å². The first kappa shape index (κ1) is 111. The van der Waals surface area contributed by atoms with Crippen LogP contribution in [-0.4, -0.2) is 10.2 Å². The van der Waals surface area contributed by atoms with E-state index in [1.165, 1.54) is 0 Å². The van der Waals surface area contributed by atoms with Crippen LogP contribution in [0.2, 0.25) is 0 Å². The van der Waals surface area contributed by atoms with Gasteiger partial charge in [0.15, 0.2) is 0 Å². The third kappa shape index (κ3) is 6.83. The van der Waals surface area contributed by atoms with Crippen LogP contribution in [0.5, 0.6) is 0 Å². The van der Waals surface area contributed by atoms with Gasteiger partial charge >= 0.3 is 0 Å². The molecule has 0 saturated heterocycles. The molecular weight excluding hydrogens is 2560 g/mol. The number of rotatable bonds is 0. The summed E-state index contributed by atoms with van der Waals surface area (Å²) >= 11 is 0. The Morgan fingerprint density at radius 3 is 0.526 bits per heavy atom. The van der Waals surface area contributed by atoms with Crippen molar-refractivity contribution in [3.63, 3.8) is 0 Å². The molecule has 15 heteroatoms. The van der Waals surface area contributed by atoms with Crippen LogP contribution in [0.1, 0.15) is 0 Å². The molecule has 0 saturated carbocycles. The Kier molecular flexibility index (Phi) is 434. The molecule has 0 radical (unpaired) electrons. The number of aliphatic hydroxyl groups excluding tert-OH is 2. The minimum atomic E-state index is -2.19. The predicted octanol–water partition coefficient (Wildman–Crippen LogP) is 2.17. The molecule has 19 heavy (non-hydrogen) atoms. The molecule has 0 aliphatic rings. The molecule has 0 heterocycles. The minimum Gasteiger partial charge on any atom is -0.700 e. The fraction of sp³-hybridized carbons (Fsp3) is 0. The fourth-order valence-corrected chi connectivity index (χ4v) is 0. The van der Waals surface area contributed by atoms with Crippen LogP contribution < -0.4 is 0 Å². The summed E-state index contributed by atoms with van der Waals surface area (Å²) in [6, 6.07) is 0. The van der Waals surface area contributed by atoms with E-state index in [0.29, 0.717) is 12.5 Å². The SMILES string of the molecule is O[C-]=C(F)F.O[C-]=C(F)F.[Rf].[Rf].[Rf].[Rf].[Rf].[Rf].[Rf].[Rf].[Rf]. The van der Waals surface area contributed by atoms with Gasteiger partial charge in [-0.3, -0.25) is 0 Å². The molecule has 0 aliphatic heterocycles. The van der Waals surface area contributed by atoms with Gasteiger partial charge in [-0.2, -0.15) is 0 Å². The first-order chi connectivity index (χ1) is 4.54. The van der Waals surface area contributed by atoms with Gasteiger partial charge in [0.1, 0.15) is 12.2 Å². The monoisotopic (exact) mass is 2560 g/mol. The van der Waals surface area contributed by atoms with Crippen LogP contribution >= 0.6 is 0 Å². The van der Waals surface area contributed by atoms with Gasteiger partial charge < -0.3 is 10.2 Å². The van der Waals surface area contributed by atoms with Crippen LogP contribution in [0, 0.1) is 12.5 Å². The third-order valence-corrected chi connectivity index (χ3v) is 0.169. The summed E-state index contributed by atoms with van der Waals surface area (Å²) in [4.78, 5) is 0. The van der Waals surface area contributed by atoms with E-state index in [2.05, 4.69) is 0 Å². The van der Waals surface area contributed by atoms with Crippen LogP contribution in [-0.2, 0) is 0 Å². The summed E-state index contributed by atoms with van der Waals surface area (Å²) in [6.07, 6.45) is -3.16. The van der Waals surface area contributed by atoms with Crippen molar-refractivity contribution in [3.05, 3.63) is 24.7 Å². The Bertz CT molecular complexity index is 126. The van der Waals surface area contributed by atoms with Gasteiger partial charge in [0.05, 0.1) is 0 Å². The van der Waals surface area contributed by atoms with Gasteiger partial charge in [-0.05, 0) is 0 Å². The molecule has 0 aliphatic carbocycles. The molecule has 0 spiro atoms. The standard InChI is InChI=1S/2C2HF2O.9Rf/c2*3-2(4)1-5;;;;;;;;;/h2*5H;;;;;;;;;/q2*-1;;;;;;;;;. The van der Waals surface area contributed by atoms with Crippen LogP contribution in [0.4, 0.5) is 17.6 Å². The third-order valence-electron chi connectivity index (χ3n) is 0.169. The predicted molar refractivity (Wildman–Crippen MR) is 23.2 cm³/mol. The molecule has 0 bridgehead atoms. The molecule has 0 unspecified atom stereocenters. The summed E-state index contributed by atoms with van der Waals surface area (Å²) in [5.41, 5.74) is 0. The Morgan fingerprint density at radius 1 is 0.474 bits per heavy atom. The average molecular weight is 2560 g/mol. The maximum Gasteiger partial charge on any atom is 0.126 e. The number of hydrogen-bond acceptors (Lipinski definition) is 2. The van der Waals surface area contributed by atoms with Gasteiger partial charge in [-0.1, -0.05) is 0 Å². The molecule has 0 amide bonds. The molecule has 2 N–H and O–H groups in total. The number of halogens is 4. The Morgan fingerprint density at radius 2 is 0.526 bits per heavy atom. The first-order valence-corrected chi connectivity index (χ1v) is 1.70. The maximum atomic E-state index is 10.3. The zero-order valence-corrected chi connectivity index (χ0v) is 68.4. The topological polar surface area (TPSA) is 40.5 Å². The molecule has 0 atom stereocenters. The van der Waals surface area contributed by atoms with E-state index in [4.69, 9.17) is 10.2 Å². The van der Waals surface area contributed by atoms with Crippen molar-refractivity contribution >= 4 is 0 Å². The van der Waals surface area contributed by atoms with E-state index >= 15 is 0 Å². The normalized spacial score (nSPS) is 3.58. The molecule has 2 nitrogen and oxygen atoms in total. The Hall–Kier alpha value is -10.2. The Labute approximate surface area is 53.7 Å². The number of hydrogen-bond donors (Lipinski definition) is 2. The van der Waals surface area contributed by atoms with Crippen molar-refractivity contribution in [1.82, 2.24) is 0 Å². The second-order valence-corrected chi connectivity index (χ2v) is 0.744. The van der Waals surface area contributed by atoms with E-state index in [-0.39, 0.29) is 0 Å². The molecular formula is C4H2F4O2Rf9-2. The van der Waals surface area contributed by atoms with Crippen molar-refractivity contribution in [2.45, 2.75) is 0 Å².